The molecule has 19 heavy (non-hydrogen) atoms. The molecule has 1 saturated carbocycles. The van der Waals surface area contributed by atoms with Crippen LogP contribution in [0.5, 0.6) is 0 Å². The lowest BCUT2D eigenvalue weighted by Crippen LogP contribution is -2.48. The Morgan fingerprint density at radius 2 is 1.74 bits per heavy atom. The number of carbonyl (C=O) groups is 2. The van der Waals surface area contributed by atoms with Gasteiger partial charge in [0.05, 0.1) is 0 Å². The highest BCUT2D eigenvalue weighted by Gasteiger charge is 2.38. The summed E-state index contributed by atoms with van der Waals surface area (Å²) < 4.78 is 4.93. The predicted octanol–water partition coefficient (Wildman–Crippen LogP) is 0.173. The summed E-state index contributed by atoms with van der Waals surface area (Å²) in [5.74, 6) is -1.09. The first-order valence-corrected chi connectivity index (χ1v) is 6.87. The fourth-order valence-electron chi connectivity index (χ4n) is 2.63. The third-order valence-electron chi connectivity index (χ3n) is 3.76. The molecule has 0 aromatic carbocycles. The number of likely N-dealkylation sites (tertiary alicyclic amines) is 1. The molecule has 1 N–H and O–H groups in total. The van der Waals surface area contributed by atoms with E-state index >= 15 is 0 Å². The van der Waals surface area contributed by atoms with Gasteiger partial charge in [0.1, 0.15) is 13.2 Å². The molecule has 0 spiro atoms. The highest BCUT2D eigenvalue weighted by atomic mass is 16.5. The summed E-state index contributed by atoms with van der Waals surface area (Å²) in [4.78, 5) is 26.8. The minimum absolute atomic E-state index is 0.0571. The van der Waals surface area contributed by atoms with Gasteiger partial charge in [-0.15, -0.1) is 0 Å². The Kier molecular flexibility index (Phi) is 4.76. The van der Waals surface area contributed by atoms with E-state index < -0.39 is 12.6 Å². The van der Waals surface area contributed by atoms with Gasteiger partial charge in [0, 0.05) is 12.1 Å². The topological polar surface area (TPSA) is 70.1 Å². The number of aliphatic carboxylic acids is 1. The Morgan fingerprint density at radius 1 is 1.16 bits per heavy atom. The molecule has 6 nitrogen and oxygen atoms in total. The van der Waals surface area contributed by atoms with Gasteiger partial charge in [-0.1, -0.05) is 0 Å². The number of hydrogen-bond acceptors (Lipinski definition) is 4. The summed E-state index contributed by atoms with van der Waals surface area (Å²) in [6.45, 7) is 1.50. The van der Waals surface area contributed by atoms with Crippen LogP contribution in [0.1, 0.15) is 25.7 Å². The van der Waals surface area contributed by atoms with Gasteiger partial charge < -0.3 is 19.6 Å². The van der Waals surface area contributed by atoms with Crippen molar-refractivity contribution in [3.63, 3.8) is 0 Å². The summed E-state index contributed by atoms with van der Waals surface area (Å²) in [6, 6.07) is 0.652. The molecule has 2 aliphatic rings. The van der Waals surface area contributed by atoms with Gasteiger partial charge in [0.2, 0.25) is 5.91 Å². The zero-order valence-corrected chi connectivity index (χ0v) is 11.4. The molecule has 1 saturated heterocycles. The Bertz CT molecular complexity index is 336. The first kappa shape index (κ1) is 14.3. The van der Waals surface area contributed by atoms with Crippen LogP contribution in [0, 0.1) is 0 Å². The van der Waals surface area contributed by atoms with Gasteiger partial charge in [-0.3, -0.25) is 4.79 Å². The number of carboxylic acid groups (broad SMARTS) is 1. The first-order valence-electron chi connectivity index (χ1n) is 6.87. The maximum Gasteiger partial charge on any atom is 0.329 e. The number of ether oxygens (including phenoxy) is 1. The minimum Gasteiger partial charge on any atom is -0.480 e. The van der Waals surface area contributed by atoms with Crippen LogP contribution in [0.25, 0.3) is 0 Å². The van der Waals surface area contributed by atoms with E-state index in [1.54, 1.807) is 0 Å². The summed E-state index contributed by atoms with van der Waals surface area (Å²) in [7, 11) is 2.09. The molecule has 0 bridgehead atoms. The number of piperidine rings is 1. The normalized spacial score (nSPS) is 21.3. The molecule has 0 radical (unpaired) electrons. The van der Waals surface area contributed by atoms with Crippen molar-refractivity contribution in [3.8, 4) is 0 Å². The van der Waals surface area contributed by atoms with Gasteiger partial charge in [0.15, 0.2) is 0 Å². The Labute approximate surface area is 113 Å². The number of nitrogens with zero attached hydrogens (tertiary/aromatic N) is 2. The third-order valence-corrected chi connectivity index (χ3v) is 3.76. The van der Waals surface area contributed by atoms with E-state index in [4.69, 9.17) is 9.84 Å². The summed E-state index contributed by atoms with van der Waals surface area (Å²) >= 11 is 0. The van der Waals surface area contributed by atoms with E-state index in [2.05, 4.69) is 11.9 Å². The quantitative estimate of drug-likeness (QED) is 0.745. The Hall–Kier alpha value is -1.14. The molecule has 1 amide bonds. The van der Waals surface area contributed by atoms with Gasteiger partial charge in [0.25, 0.3) is 0 Å². The Balaban J connectivity index is 1.85. The summed E-state index contributed by atoms with van der Waals surface area (Å²) in [6.07, 6.45) is 4.13. The summed E-state index contributed by atoms with van der Waals surface area (Å²) in [5, 5.41) is 8.51. The van der Waals surface area contributed by atoms with Crippen molar-refractivity contribution in [2.75, 3.05) is 33.4 Å². The predicted molar refractivity (Wildman–Crippen MR) is 68.8 cm³/mol. The van der Waals surface area contributed by atoms with Crippen LogP contribution in [0.2, 0.25) is 0 Å². The molecule has 0 aromatic heterocycles. The average Bonchev–Trinajstić information content (AvgIpc) is 3.16. The molecule has 2 rings (SSSR count). The molecule has 0 atom stereocenters. The molecule has 108 valence electrons. The second-order valence-corrected chi connectivity index (χ2v) is 5.45. The smallest absolute Gasteiger partial charge is 0.329 e. The van der Waals surface area contributed by atoms with E-state index in [0.29, 0.717) is 12.1 Å². The standard InChI is InChI=1S/C13H22N2O4/c1-14-6-4-11(5-7-14)15(10-2-3-10)12(16)8-19-9-13(17)18/h10-11H,2-9H2,1H3,(H,17,18). The highest BCUT2D eigenvalue weighted by molar-refractivity contribution is 5.79. The Morgan fingerprint density at radius 3 is 2.26 bits per heavy atom. The second kappa shape index (κ2) is 6.34. The molecule has 1 aliphatic carbocycles. The van der Waals surface area contributed by atoms with Crippen molar-refractivity contribution in [2.24, 2.45) is 0 Å². The van der Waals surface area contributed by atoms with Crippen LogP contribution in [-0.2, 0) is 14.3 Å². The van der Waals surface area contributed by atoms with E-state index in [0.717, 1.165) is 38.8 Å². The molecular weight excluding hydrogens is 248 g/mol. The van der Waals surface area contributed by atoms with E-state index in [9.17, 15) is 9.59 Å². The fraction of sp³-hybridized carbons (Fsp3) is 0.846. The average molecular weight is 270 g/mol. The molecule has 0 unspecified atom stereocenters. The zero-order valence-electron chi connectivity index (χ0n) is 11.4. The SMILES string of the molecule is CN1CCC(N(C(=O)COCC(=O)O)C2CC2)CC1. The molecular formula is C13H22N2O4. The van der Waals surface area contributed by atoms with Crippen molar-refractivity contribution in [3.05, 3.63) is 0 Å². The van der Waals surface area contributed by atoms with E-state index in [-0.39, 0.29) is 12.5 Å². The second-order valence-electron chi connectivity index (χ2n) is 5.45. The molecule has 6 heteroatoms. The van der Waals surface area contributed by atoms with Crippen LogP contribution in [0.15, 0.2) is 0 Å². The summed E-state index contributed by atoms with van der Waals surface area (Å²) in [5.41, 5.74) is 0. The molecule has 1 aliphatic heterocycles. The number of carboxylic acids is 1. The van der Waals surface area contributed by atoms with Gasteiger partial charge >= 0.3 is 5.97 Å². The molecule has 1 heterocycles. The lowest BCUT2D eigenvalue weighted by atomic mass is 10.0. The van der Waals surface area contributed by atoms with Crippen LogP contribution in [0.3, 0.4) is 0 Å². The largest absolute Gasteiger partial charge is 0.480 e. The number of amides is 1. The van der Waals surface area contributed by atoms with Crippen LogP contribution >= 0.6 is 0 Å². The van der Waals surface area contributed by atoms with E-state index in [1.165, 1.54) is 0 Å². The van der Waals surface area contributed by atoms with Crippen molar-refractivity contribution >= 4 is 11.9 Å². The lowest BCUT2D eigenvalue weighted by molar-refractivity contribution is -0.147. The van der Waals surface area contributed by atoms with Crippen LogP contribution in [0.4, 0.5) is 0 Å². The maximum absolute atomic E-state index is 12.2. The molecule has 0 aromatic rings. The van der Waals surface area contributed by atoms with E-state index in [1.807, 2.05) is 4.90 Å². The van der Waals surface area contributed by atoms with Gasteiger partial charge in [-0.2, -0.15) is 0 Å². The van der Waals surface area contributed by atoms with Crippen LogP contribution < -0.4 is 0 Å². The number of hydrogen-bond donors (Lipinski definition) is 1. The van der Waals surface area contributed by atoms with Crippen LogP contribution in [-0.4, -0.2) is 72.2 Å². The van der Waals surface area contributed by atoms with Gasteiger partial charge in [-0.25, -0.2) is 4.79 Å². The monoisotopic (exact) mass is 270 g/mol. The lowest BCUT2D eigenvalue weighted by Gasteiger charge is -2.37. The van der Waals surface area contributed by atoms with Crippen molar-refractivity contribution < 1.29 is 19.4 Å². The fourth-order valence-corrected chi connectivity index (χ4v) is 2.63. The highest BCUT2D eigenvalue weighted by Crippen LogP contribution is 2.31. The van der Waals surface area contributed by atoms with Crippen molar-refractivity contribution in [1.82, 2.24) is 9.80 Å². The number of carbonyl (C=O) groups excluding carboxylic acids is 1. The maximum atomic E-state index is 12.2. The van der Waals surface area contributed by atoms with Crippen molar-refractivity contribution in [2.45, 2.75) is 37.8 Å². The number of rotatable bonds is 6. The van der Waals surface area contributed by atoms with Gasteiger partial charge in [-0.05, 0) is 45.8 Å². The zero-order chi connectivity index (χ0) is 13.8. The van der Waals surface area contributed by atoms with Crippen molar-refractivity contribution in [1.29, 1.82) is 0 Å². The minimum atomic E-state index is -1.04. The third kappa shape index (κ3) is 4.18. The molecule has 2 fully saturated rings. The first-order chi connectivity index (χ1) is 9.08.